The monoisotopic (exact) mass is 427 g/mol. The molecule has 2 aromatic carbocycles. The molecule has 1 aliphatic rings. The number of amides is 3. The average molecular weight is 427 g/mol. The highest BCUT2D eigenvalue weighted by Gasteiger charge is 2.33. The Labute approximate surface area is 181 Å². The Morgan fingerprint density at radius 3 is 2.42 bits per heavy atom. The van der Waals surface area contributed by atoms with Crippen molar-refractivity contribution in [3.8, 4) is 5.75 Å². The van der Waals surface area contributed by atoms with Gasteiger partial charge in [-0.3, -0.25) is 19.3 Å². The molecule has 3 amide bonds. The van der Waals surface area contributed by atoms with Gasteiger partial charge in [-0.25, -0.2) is 4.39 Å². The molecular weight excluding hydrogens is 401 g/mol. The summed E-state index contributed by atoms with van der Waals surface area (Å²) in [5, 5.41) is 0. The minimum atomic E-state index is -0.629. The third kappa shape index (κ3) is 5.20. The zero-order chi connectivity index (χ0) is 22.5. The zero-order valence-electron chi connectivity index (χ0n) is 17.9. The number of benzene rings is 2. The normalized spacial score (nSPS) is 13.6. The van der Waals surface area contributed by atoms with Crippen LogP contribution in [0.1, 0.15) is 24.2 Å². The van der Waals surface area contributed by atoms with E-state index in [9.17, 15) is 18.8 Å². The molecule has 2 aromatic rings. The number of halogens is 1. The first-order chi connectivity index (χ1) is 14.8. The number of carbonyl (C=O) groups is 3. The Morgan fingerprint density at radius 1 is 1.13 bits per heavy atom. The maximum Gasteiger partial charge on any atom is 0.257 e. The lowest BCUT2D eigenvalue weighted by molar-refractivity contribution is -0.132. The van der Waals surface area contributed by atoms with Crippen molar-refractivity contribution in [2.24, 2.45) is 5.92 Å². The second-order valence-corrected chi connectivity index (χ2v) is 7.81. The summed E-state index contributed by atoms with van der Waals surface area (Å²) in [4.78, 5) is 42.5. The van der Waals surface area contributed by atoms with Crippen LogP contribution in [0.15, 0.2) is 48.5 Å². The SMILES string of the molecule is COc1ccc(N2CN(C(=O)CN(CC(C)C)C(=O)c3ccccc3F)CC2=O)cc1. The van der Waals surface area contributed by atoms with E-state index < -0.39 is 11.7 Å². The topological polar surface area (TPSA) is 70.2 Å². The lowest BCUT2D eigenvalue weighted by Gasteiger charge is -2.26. The van der Waals surface area contributed by atoms with Crippen molar-refractivity contribution < 1.29 is 23.5 Å². The minimum Gasteiger partial charge on any atom is -0.497 e. The predicted octanol–water partition coefficient (Wildman–Crippen LogP) is 2.77. The van der Waals surface area contributed by atoms with Crippen LogP contribution in [0.2, 0.25) is 0 Å². The first kappa shape index (κ1) is 22.3. The van der Waals surface area contributed by atoms with Crippen molar-refractivity contribution >= 4 is 23.4 Å². The summed E-state index contributed by atoms with van der Waals surface area (Å²) in [7, 11) is 1.56. The van der Waals surface area contributed by atoms with Crippen LogP contribution in [0.3, 0.4) is 0 Å². The Kier molecular flexibility index (Phi) is 6.89. The summed E-state index contributed by atoms with van der Waals surface area (Å²) in [5.74, 6) is -1.00. The Morgan fingerprint density at radius 2 is 1.81 bits per heavy atom. The molecular formula is C23H26FN3O4. The molecule has 0 atom stereocenters. The molecule has 0 aliphatic carbocycles. The highest BCUT2D eigenvalue weighted by molar-refractivity contribution is 6.01. The summed E-state index contributed by atoms with van der Waals surface area (Å²) in [6, 6.07) is 12.7. The van der Waals surface area contributed by atoms with E-state index in [1.807, 2.05) is 13.8 Å². The molecule has 1 fully saturated rings. The largest absolute Gasteiger partial charge is 0.497 e. The van der Waals surface area contributed by atoms with Crippen LogP contribution in [0.5, 0.6) is 5.75 Å². The second-order valence-electron chi connectivity index (χ2n) is 7.81. The Hall–Kier alpha value is -3.42. The third-order valence-electron chi connectivity index (χ3n) is 4.98. The van der Waals surface area contributed by atoms with E-state index in [0.717, 1.165) is 0 Å². The Bertz CT molecular complexity index is 962. The average Bonchev–Trinajstić information content (AvgIpc) is 3.14. The summed E-state index contributed by atoms with van der Waals surface area (Å²) in [6.45, 7) is 3.91. The number of rotatable bonds is 7. The van der Waals surface area contributed by atoms with Gasteiger partial charge in [0, 0.05) is 12.2 Å². The van der Waals surface area contributed by atoms with Crippen LogP contribution in [0, 0.1) is 11.7 Å². The second kappa shape index (κ2) is 9.59. The van der Waals surface area contributed by atoms with Crippen molar-refractivity contribution in [2.75, 3.05) is 38.3 Å². The molecule has 0 aromatic heterocycles. The van der Waals surface area contributed by atoms with Gasteiger partial charge in [-0.05, 0) is 42.3 Å². The van der Waals surface area contributed by atoms with E-state index in [0.29, 0.717) is 18.0 Å². The minimum absolute atomic E-state index is 0.0751. The summed E-state index contributed by atoms with van der Waals surface area (Å²) < 4.78 is 19.2. The Balaban J connectivity index is 1.72. The van der Waals surface area contributed by atoms with E-state index in [4.69, 9.17) is 4.74 Å². The van der Waals surface area contributed by atoms with E-state index in [1.165, 1.54) is 32.9 Å². The van der Waals surface area contributed by atoms with Crippen LogP contribution >= 0.6 is 0 Å². The summed E-state index contributed by atoms with van der Waals surface area (Å²) in [6.07, 6.45) is 0. The summed E-state index contributed by atoms with van der Waals surface area (Å²) in [5.41, 5.74) is 0.580. The first-order valence-corrected chi connectivity index (χ1v) is 10.1. The molecule has 7 nitrogen and oxygen atoms in total. The number of carbonyl (C=O) groups excluding carboxylic acids is 3. The lowest BCUT2D eigenvalue weighted by atomic mass is 10.1. The third-order valence-corrected chi connectivity index (χ3v) is 4.98. The molecule has 0 saturated carbocycles. The molecule has 0 N–H and O–H groups in total. The predicted molar refractivity (Wildman–Crippen MR) is 114 cm³/mol. The fraction of sp³-hybridized carbons (Fsp3) is 0.348. The van der Waals surface area contributed by atoms with Crippen molar-refractivity contribution in [3.63, 3.8) is 0 Å². The molecule has 3 rings (SSSR count). The van der Waals surface area contributed by atoms with E-state index in [1.54, 1.807) is 37.4 Å². The highest BCUT2D eigenvalue weighted by atomic mass is 19.1. The number of ether oxygens (including phenoxy) is 1. The quantitative estimate of drug-likeness (QED) is 0.681. The lowest BCUT2D eigenvalue weighted by Crippen LogP contribution is -2.44. The van der Waals surface area contributed by atoms with Gasteiger partial charge in [0.15, 0.2) is 0 Å². The number of nitrogens with zero attached hydrogens (tertiary/aromatic N) is 3. The van der Waals surface area contributed by atoms with Crippen molar-refractivity contribution in [2.45, 2.75) is 13.8 Å². The number of hydrogen-bond donors (Lipinski definition) is 0. The van der Waals surface area contributed by atoms with Gasteiger partial charge >= 0.3 is 0 Å². The van der Waals surface area contributed by atoms with Crippen molar-refractivity contribution in [1.82, 2.24) is 9.80 Å². The fourth-order valence-electron chi connectivity index (χ4n) is 3.43. The molecule has 0 radical (unpaired) electrons. The van der Waals surface area contributed by atoms with Gasteiger partial charge in [-0.2, -0.15) is 0 Å². The molecule has 1 aliphatic heterocycles. The van der Waals surface area contributed by atoms with Gasteiger partial charge in [0.1, 0.15) is 31.3 Å². The van der Waals surface area contributed by atoms with Crippen molar-refractivity contribution in [3.05, 3.63) is 59.9 Å². The van der Waals surface area contributed by atoms with Crippen LogP contribution in [0.25, 0.3) is 0 Å². The zero-order valence-corrected chi connectivity index (χ0v) is 17.9. The van der Waals surface area contributed by atoms with Gasteiger partial charge in [0.2, 0.25) is 11.8 Å². The van der Waals surface area contributed by atoms with Crippen LogP contribution < -0.4 is 9.64 Å². The molecule has 0 bridgehead atoms. The van der Waals surface area contributed by atoms with Gasteiger partial charge in [-0.15, -0.1) is 0 Å². The fourth-order valence-corrected chi connectivity index (χ4v) is 3.43. The highest BCUT2D eigenvalue weighted by Crippen LogP contribution is 2.23. The van der Waals surface area contributed by atoms with Gasteiger partial charge in [0.05, 0.1) is 12.7 Å². The standard InChI is InChI=1S/C23H26FN3O4/c1-16(2)12-25(23(30)19-6-4-5-7-20(19)24)13-21(28)26-14-22(29)27(15-26)17-8-10-18(31-3)11-9-17/h4-11,16H,12-15H2,1-3H3. The van der Waals surface area contributed by atoms with Gasteiger partial charge in [0.25, 0.3) is 5.91 Å². The maximum atomic E-state index is 14.1. The van der Waals surface area contributed by atoms with Crippen LogP contribution in [-0.2, 0) is 9.59 Å². The number of methoxy groups -OCH3 is 1. The van der Waals surface area contributed by atoms with E-state index in [-0.39, 0.29) is 43.1 Å². The molecule has 0 unspecified atom stereocenters. The molecule has 164 valence electrons. The summed E-state index contributed by atoms with van der Waals surface area (Å²) >= 11 is 0. The van der Waals surface area contributed by atoms with Gasteiger partial charge in [-0.1, -0.05) is 26.0 Å². The van der Waals surface area contributed by atoms with Gasteiger partial charge < -0.3 is 14.5 Å². The van der Waals surface area contributed by atoms with Crippen molar-refractivity contribution in [1.29, 1.82) is 0 Å². The number of anilines is 1. The smallest absolute Gasteiger partial charge is 0.257 e. The molecule has 1 saturated heterocycles. The van der Waals surface area contributed by atoms with E-state index in [2.05, 4.69) is 0 Å². The van der Waals surface area contributed by atoms with Crippen LogP contribution in [0.4, 0.5) is 10.1 Å². The van der Waals surface area contributed by atoms with Crippen LogP contribution in [-0.4, -0.2) is 60.9 Å². The number of hydrogen-bond acceptors (Lipinski definition) is 4. The molecule has 1 heterocycles. The molecule has 31 heavy (non-hydrogen) atoms. The first-order valence-electron chi connectivity index (χ1n) is 10.1. The van der Waals surface area contributed by atoms with E-state index >= 15 is 0 Å². The molecule has 0 spiro atoms. The molecule has 8 heteroatoms. The maximum absolute atomic E-state index is 14.1.